The molecule has 2 aromatic rings. The largest absolute Gasteiger partial charge is 0.497 e. The van der Waals surface area contributed by atoms with Crippen molar-refractivity contribution in [2.75, 3.05) is 20.2 Å². The minimum atomic E-state index is -0.999. The summed E-state index contributed by atoms with van der Waals surface area (Å²) in [6.07, 6.45) is 1.41. The molecule has 0 saturated carbocycles. The molecule has 0 bridgehead atoms. The van der Waals surface area contributed by atoms with Crippen LogP contribution in [0.5, 0.6) is 5.75 Å². The van der Waals surface area contributed by atoms with Gasteiger partial charge in [0.2, 0.25) is 0 Å². The number of nitrogens with zero attached hydrogens (tertiary/aromatic N) is 2. The van der Waals surface area contributed by atoms with Crippen LogP contribution in [0.25, 0.3) is 0 Å². The van der Waals surface area contributed by atoms with Crippen molar-refractivity contribution in [1.82, 2.24) is 4.90 Å². The summed E-state index contributed by atoms with van der Waals surface area (Å²) < 4.78 is 33.4. The number of benzene rings is 2. The summed E-state index contributed by atoms with van der Waals surface area (Å²) in [6, 6.07) is 11.2. The van der Waals surface area contributed by atoms with E-state index in [1.54, 1.807) is 13.2 Å². The zero-order chi connectivity index (χ0) is 18.7. The molecule has 3 rings (SSSR count). The first-order valence-electron chi connectivity index (χ1n) is 8.36. The Morgan fingerprint density at radius 2 is 1.85 bits per heavy atom. The number of ether oxygens (including phenoxy) is 1. The van der Waals surface area contributed by atoms with Gasteiger partial charge in [-0.05, 0) is 48.6 Å². The summed E-state index contributed by atoms with van der Waals surface area (Å²) in [7, 11) is 1.61. The van der Waals surface area contributed by atoms with Gasteiger partial charge in [0.05, 0.1) is 18.7 Å². The Morgan fingerprint density at radius 3 is 2.42 bits per heavy atom. The van der Waals surface area contributed by atoms with E-state index in [1.165, 1.54) is 4.90 Å². The molecule has 134 valence electrons. The lowest BCUT2D eigenvalue weighted by molar-refractivity contribution is 0.0703. The zero-order valence-corrected chi connectivity index (χ0v) is 14.3. The molecular weight excluding hydrogens is 338 g/mol. The molecule has 0 aliphatic carbocycles. The molecule has 1 amide bonds. The summed E-state index contributed by atoms with van der Waals surface area (Å²) >= 11 is 0. The van der Waals surface area contributed by atoms with Gasteiger partial charge >= 0.3 is 0 Å². The van der Waals surface area contributed by atoms with E-state index >= 15 is 0 Å². The van der Waals surface area contributed by atoms with Gasteiger partial charge in [0.25, 0.3) is 5.91 Å². The highest BCUT2D eigenvalue weighted by Gasteiger charge is 2.28. The van der Waals surface area contributed by atoms with Gasteiger partial charge in [0.1, 0.15) is 22.9 Å². The maximum atomic E-state index is 14.1. The third kappa shape index (κ3) is 3.52. The maximum absolute atomic E-state index is 14.1. The van der Waals surface area contributed by atoms with Crippen molar-refractivity contribution < 1.29 is 18.3 Å². The van der Waals surface area contributed by atoms with E-state index in [9.17, 15) is 13.6 Å². The fourth-order valence-electron chi connectivity index (χ4n) is 3.31. The van der Waals surface area contributed by atoms with Crippen molar-refractivity contribution in [1.29, 1.82) is 5.26 Å². The topological polar surface area (TPSA) is 53.3 Å². The van der Waals surface area contributed by atoms with E-state index in [0.29, 0.717) is 25.9 Å². The molecule has 0 N–H and O–H groups in total. The van der Waals surface area contributed by atoms with Crippen LogP contribution in [0.3, 0.4) is 0 Å². The highest BCUT2D eigenvalue weighted by atomic mass is 19.1. The van der Waals surface area contributed by atoms with Gasteiger partial charge < -0.3 is 9.64 Å². The average molecular weight is 356 g/mol. The molecule has 1 heterocycles. The molecule has 1 aliphatic heterocycles. The molecule has 6 heteroatoms. The second-order valence-electron chi connectivity index (χ2n) is 6.27. The first-order chi connectivity index (χ1) is 12.5. The van der Waals surface area contributed by atoms with E-state index in [-0.39, 0.29) is 11.5 Å². The van der Waals surface area contributed by atoms with Crippen LogP contribution in [-0.4, -0.2) is 31.0 Å². The summed E-state index contributed by atoms with van der Waals surface area (Å²) in [5.74, 6) is -1.62. The number of piperidine rings is 1. The van der Waals surface area contributed by atoms with Crippen LogP contribution in [-0.2, 0) is 0 Å². The van der Waals surface area contributed by atoms with Gasteiger partial charge in [-0.25, -0.2) is 8.78 Å². The Kier molecular flexibility index (Phi) is 5.17. The molecule has 0 spiro atoms. The quantitative estimate of drug-likeness (QED) is 0.839. The zero-order valence-electron chi connectivity index (χ0n) is 14.3. The van der Waals surface area contributed by atoms with Crippen molar-refractivity contribution in [3.8, 4) is 11.8 Å². The van der Waals surface area contributed by atoms with Crippen LogP contribution in [0.4, 0.5) is 8.78 Å². The number of likely N-dealkylation sites (tertiary alicyclic amines) is 1. The number of carbonyl (C=O) groups is 1. The standard InChI is InChI=1S/C20H18F2N2O2/c1-26-16-4-2-3-15(11-16)14-5-7-24(8-6-14)20(25)19-17(21)9-13(12-23)10-18(19)22/h2-4,9-11,14H,5-8H2,1H3. The number of hydrogen-bond donors (Lipinski definition) is 0. The lowest BCUT2D eigenvalue weighted by Crippen LogP contribution is -2.38. The first kappa shape index (κ1) is 17.9. The molecule has 0 atom stereocenters. The number of halogens is 2. The van der Waals surface area contributed by atoms with Gasteiger partial charge in [-0.15, -0.1) is 0 Å². The molecule has 0 radical (unpaired) electrons. The number of hydrogen-bond acceptors (Lipinski definition) is 3. The third-order valence-electron chi connectivity index (χ3n) is 4.73. The number of rotatable bonds is 3. The second-order valence-corrected chi connectivity index (χ2v) is 6.27. The highest BCUT2D eigenvalue weighted by Crippen LogP contribution is 2.31. The lowest BCUT2D eigenvalue weighted by atomic mass is 9.89. The fraction of sp³-hybridized carbons (Fsp3) is 0.300. The smallest absolute Gasteiger partial charge is 0.259 e. The highest BCUT2D eigenvalue weighted by molar-refractivity contribution is 5.95. The van der Waals surface area contributed by atoms with Gasteiger partial charge in [0.15, 0.2) is 0 Å². The third-order valence-corrected chi connectivity index (χ3v) is 4.73. The molecule has 1 saturated heterocycles. The van der Waals surface area contributed by atoms with Gasteiger partial charge in [0, 0.05) is 13.1 Å². The Bertz CT molecular complexity index is 845. The summed E-state index contributed by atoms with van der Waals surface area (Å²) in [6.45, 7) is 0.833. The Morgan fingerprint density at radius 1 is 1.19 bits per heavy atom. The minimum absolute atomic E-state index is 0.145. The maximum Gasteiger partial charge on any atom is 0.259 e. The predicted molar refractivity (Wildman–Crippen MR) is 91.9 cm³/mol. The van der Waals surface area contributed by atoms with Crippen LogP contribution in [0.2, 0.25) is 0 Å². The Hall–Kier alpha value is -2.94. The lowest BCUT2D eigenvalue weighted by Gasteiger charge is -2.32. The van der Waals surface area contributed by atoms with Gasteiger partial charge in [-0.3, -0.25) is 4.79 Å². The van der Waals surface area contributed by atoms with E-state index in [2.05, 4.69) is 0 Å². The van der Waals surface area contributed by atoms with Crippen LogP contribution in [0.1, 0.15) is 40.2 Å². The van der Waals surface area contributed by atoms with Gasteiger partial charge in [-0.1, -0.05) is 12.1 Å². The van der Waals surface area contributed by atoms with E-state index in [4.69, 9.17) is 10.00 Å². The van der Waals surface area contributed by atoms with Crippen molar-refractivity contribution in [3.05, 3.63) is 64.7 Å². The molecule has 0 aromatic heterocycles. The summed E-state index contributed by atoms with van der Waals surface area (Å²) in [5, 5.41) is 8.75. The van der Waals surface area contributed by atoms with Crippen LogP contribution in [0, 0.1) is 23.0 Å². The van der Waals surface area contributed by atoms with E-state index < -0.39 is 23.1 Å². The summed E-state index contributed by atoms with van der Waals surface area (Å²) in [5.41, 5.74) is 0.393. The normalized spacial score (nSPS) is 14.8. The Balaban J connectivity index is 1.72. The van der Waals surface area contributed by atoms with Crippen molar-refractivity contribution in [3.63, 3.8) is 0 Å². The van der Waals surface area contributed by atoms with Crippen molar-refractivity contribution in [2.24, 2.45) is 0 Å². The van der Waals surface area contributed by atoms with Crippen molar-refractivity contribution >= 4 is 5.91 Å². The number of carbonyl (C=O) groups excluding carboxylic acids is 1. The first-order valence-corrected chi connectivity index (χ1v) is 8.36. The predicted octanol–water partition coefficient (Wildman–Crippen LogP) is 3.86. The molecular formula is C20H18F2N2O2. The molecule has 1 fully saturated rings. The molecule has 2 aromatic carbocycles. The summed E-state index contributed by atoms with van der Waals surface area (Å²) in [4.78, 5) is 14.0. The molecule has 1 aliphatic rings. The number of nitriles is 1. The van der Waals surface area contributed by atoms with E-state index in [0.717, 1.165) is 23.4 Å². The minimum Gasteiger partial charge on any atom is -0.497 e. The average Bonchev–Trinajstić information content (AvgIpc) is 2.67. The molecule has 26 heavy (non-hydrogen) atoms. The van der Waals surface area contributed by atoms with Gasteiger partial charge in [-0.2, -0.15) is 5.26 Å². The van der Waals surface area contributed by atoms with Crippen LogP contribution in [0.15, 0.2) is 36.4 Å². The number of methoxy groups -OCH3 is 1. The van der Waals surface area contributed by atoms with Crippen LogP contribution < -0.4 is 4.74 Å². The SMILES string of the molecule is COc1cccc(C2CCN(C(=O)c3c(F)cc(C#N)cc3F)CC2)c1. The second kappa shape index (κ2) is 7.52. The molecule has 4 nitrogen and oxygen atoms in total. The van der Waals surface area contributed by atoms with Crippen LogP contribution >= 0.6 is 0 Å². The van der Waals surface area contributed by atoms with E-state index in [1.807, 2.05) is 24.3 Å². The Labute approximate surface area is 150 Å². The fourth-order valence-corrected chi connectivity index (χ4v) is 3.31. The van der Waals surface area contributed by atoms with Crippen molar-refractivity contribution in [2.45, 2.75) is 18.8 Å². The molecule has 0 unspecified atom stereocenters. The monoisotopic (exact) mass is 356 g/mol. The number of amides is 1.